The van der Waals surface area contributed by atoms with Crippen molar-refractivity contribution in [2.45, 2.75) is 60.1 Å². The molecule has 5 heterocycles. The molecule has 34 heavy (non-hydrogen) atoms. The fourth-order valence-corrected chi connectivity index (χ4v) is 7.31. The van der Waals surface area contributed by atoms with Crippen molar-refractivity contribution in [2.24, 2.45) is 0 Å². The Hall–Kier alpha value is -3.02. The molecule has 7 rings (SSSR count). The summed E-state index contributed by atoms with van der Waals surface area (Å²) < 4.78 is 5.34. The second-order valence-corrected chi connectivity index (χ2v) is 10.8. The molecular weight excluding hydrogens is 438 g/mol. The standard InChI is InChI=1S/C29H27N3OS/c1-2-6-28-26(5-1)32(27-10-7-21(14-29(27)34-28)22-4-3-12-30-17-22)25-15-23-8-9-24(16-25)31(23)18-20-11-13-33-19-20/h1-7,10-14,17,19,23-25H,8-9,15-16,18H2. The van der Waals surface area contributed by atoms with Crippen LogP contribution in [0.2, 0.25) is 0 Å². The van der Waals surface area contributed by atoms with Gasteiger partial charge in [0.05, 0.1) is 23.9 Å². The third-order valence-electron chi connectivity index (χ3n) is 7.73. The maximum atomic E-state index is 5.34. The van der Waals surface area contributed by atoms with Crippen LogP contribution in [0.5, 0.6) is 0 Å². The Kier molecular flexibility index (Phi) is 4.99. The van der Waals surface area contributed by atoms with Crippen LogP contribution in [0, 0.1) is 0 Å². The summed E-state index contributed by atoms with van der Waals surface area (Å²) in [5.74, 6) is 0. The van der Waals surface area contributed by atoms with E-state index in [0.717, 1.165) is 6.54 Å². The van der Waals surface area contributed by atoms with Gasteiger partial charge in [0, 0.05) is 58.0 Å². The predicted octanol–water partition coefficient (Wildman–Crippen LogP) is 7.14. The fourth-order valence-electron chi connectivity index (χ4n) is 6.20. The zero-order valence-corrected chi connectivity index (χ0v) is 19.8. The minimum atomic E-state index is 0.517. The van der Waals surface area contributed by atoms with Gasteiger partial charge in [0.15, 0.2) is 0 Å². The van der Waals surface area contributed by atoms with Crippen LogP contribution >= 0.6 is 11.8 Å². The van der Waals surface area contributed by atoms with Gasteiger partial charge < -0.3 is 9.32 Å². The van der Waals surface area contributed by atoms with Crippen LogP contribution in [0.3, 0.4) is 0 Å². The van der Waals surface area contributed by atoms with Crippen molar-refractivity contribution in [2.75, 3.05) is 4.90 Å². The monoisotopic (exact) mass is 465 g/mol. The lowest BCUT2D eigenvalue weighted by Gasteiger charge is -2.46. The highest BCUT2D eigenvalue weighted by molar-refractivity contribution is 7.99. The Morgan fingerprint density at radius 1 is 0.853 bits per heavy atom. The van der Waals surface area contributed by atoms with Crippen LogP contribution in [0.1, 0.15) is 31.2 Å². The maximum Gasteiger partial charge on any atom is 0.0947 e. The van der Waals surface area contributed by atoms with Crippen molar-refractivity contribution in [3.63, 3.8) is 0 Å². The summed E-state index contributed by atoms with van der Waals surface area (Å²) >= 11 is 1.90. The minimum absolute atomic E-state index is 0.517. The summed E-state index contributed by atoms with van der Waals surface area (Å²) in [4.78, 5) is 12.4. The second kappa shape index (κ2) is 8.33. The van der Waals surface area contributed by atoms with Crippen LogP contribution < -0.4 is 4.90 Å². The van der Waals surface area contributed by atoms with Crippen LogP contribution in [0.4, 0.5) is 11.4 Å². The Morgan fingerprint density at radius 3 is 2.50 bits per heavy atom. The SMILES string of the molecule is c1cncc(-c2ccc3c(c2)Sc2ccccc2N3C2CC3CCC(C2)N3Cc2ccoc2)c1. The van der Waals surface area contributed by atoms with Crippen molar-refractivity contribution in [3.05, 3.63) is 91.1 Å². The Balaban J connectivity index is 1.23. The lowest BCUT2D eigenvalue weighted by atomic mass is 9.94. The van der Waals surface area contributed by atoms with Crippen molar-refractivity contribution >= 4 is 23.1 Å². The molecule has 2 fully saturated rings. The number of para-hydroxylation sites is 1. The molecule has 170 valence electrons. The number of hydrogen-bond acceptors (Lipinski definition) is 5. The summed E-state index contributed by atoms with van der Waals surface area (Å²) in [5, 5.41) is 0. The quantitative estimate of drug-likeness (QED) is 0.320. The first-order chi connectivity index (χ1) is 16.8. The molecule has 0 N–H and O–H groups in total. The van der Waals surface area contributed by atoms with E-state index in [9.17, 15) is 0 Å². The van der Waals surface area contributed by atoms with E-state index in [4.69, 9.17) is 4.42 Å². The molecule has 0 radical (unpaired) electrons. The average molecular weight is 466 g/mol. The number of fused-ring (bicyclic) bond motifs is 4. The maximum absolute atomic E-state index is 5.34. The van der Waals surface area contributed by atoms with Gasteiger partial charge in [-0.15, -0.1) is 0 Å². The number of benzene rings is 2. The molecule has 2 aromatic heterocycles. The highest BCUT2D eigenvalue weighted by atomic mass is 32.2. The molecule has 0 saturated carbocycles. The molecule has 0 spiro atoms. The number of furan rings is 1. The van der Waals surface area contributed by atoms with Gasteiger partial charge in [0.1, 0.15) is 0 Å². The van der Waals surface area contributed by atoms with Crippen LogP contribution in [0.15, 0.2) is 99.8 Å². The summed E-state index contributed by atoms with van der Waals surface area (Å²) in [6.45, 7) is 1.01. The molecule has 4 aromatic rings. The molecule has 2 unspecified atom stereocenters. The van der Waals surface area contributed by atoms with Gasteiger partial charge in [-0.1, -0.05) is 36.0 Å². The van der Waals surface area contributed by atoms with Gasteiger partial charge in [-0.05, 0) is 67.6 Å². The van der Waals surface area contributed by atoms with E-state index >= 15 is 0 Å². The Morgan fingerprint density at radius 2 is 1.71 bits per heavy atom. The van der Waals surface area contributed by atoms with Gasteiger partial charge in [-0.3, -0.25) is 9.88 Å². The van der Waals surface area contributed by atoms with Gasteiger partial charge >= 0.3 is 0 Å². The van der Waals surface area contributed by atoms with E-state index in [1.165, 1.54) is 63.5 Å². The third-order valence-corrected chi connectivity index (χ3v) is 8.84. The molecule has 5 heteroatoms. The van der Waals surface area contributed by atoms with Crippen molar-refractivity contribution in [1.29, 1.82) is 0 Å². The molecule has 3 aliphatic rings. The van der Waals surface area contributed by atoms with E-state index in [-0.39, 0.29) is 0 Å². The first-order valence-electron chi connectivity index (χ1n) is 12.2. The lowest BCUT2D eigenvalue weighted by Crippen LogP contribution is -2.49. The first kappa shape index (κ1) is 20.4. The topological polar surface area (TPSA) is 32.5 Å². The normalized spacial score (nSPS) is 23.5. The van der Waals surface area contributed by atoms with E-state index < -0.39 is 0 Å². The molecule has 4 nitrogen and oxygen atoms in total. The predicted molar refractivity (Wildman–Crippen MR) is 136 cm³/mol. The van der Waals surface area contributed by atoms with Gasteiger partial charge in [-0.25, -0.2) is 0 Å². The molecule has 3 aliphatic heterocycles. The number of anilines is 2. The van der Waals surface area contributed by atoms with Gasteiger partial charge in [-0.2, -0.15) is 0 Å². The molecule has 0 amide bonds. The summed E-state index contributed by atoms with van der Waals surface area (Å²) in [6, 6.07) is 23.9. The fraction of sp³-hybridized carbons (Fsp3) is 0.276. The zero-order chi connectivity index (χ0) is 22.5. The van der Waals surface area contributed by atoms with E-state index in [2.05, 4.69) is 69.4 Å². The highest BCUT2D eigenvalue weighted by Gasteiger charge is 2.44. The molecular formula is C29H27N3OS. The molecule has 0 aliphatic carbocycles. The second-order valence-electron chi connectivity index (χ2n) is 9.68. The zero-order valence-electron chi connectivity index (χ0n) is 19.0. The number of rotatable bonds is 4. The number of hydrogen-bond donors (Lipinski definition) is 0. The third kappa shape index (κ3) is 3.46. The summed E-state index contributed by atoms with van der Waals surface area (Å²) in [5.41, 5.74) is 6.41. The van der Waals surface area contributed by atoms with Gasteiger partial charge in [0.2, 0.25) is 0 Å². The minimum Gasteiger partial charge on any atom is -0.472 e. The van der Waals surface area contributed by atoms with Crippen LogP contribution in [0.25, 0.3) is 11.1 Å². The number of piperidine rings is 1. The van der Waals surface area contributed by atoms with Crippen molar-refractivity contribution < 1.29 is 4.42 Å². The van der Waals surface area contributed by atoms with Crippen LogP contribution in [-0.4, -0.2) is 28.0 Å². The summed E-state index contributed by atoms with van der Waals surface area (Å²) in [6.07, 6.45) is 12.5. The smallest absolute Gasteiger partial charge is 0.0947 e. The Labute approximate surface area is 204 Å². The van der Waals surface area contributed by atoms with E-state index in [0.29, 0.717) is 18.1 Å². The average Bonchev–Trinajstić information content (AvgIpc) is 3.47. The first-order valence-corrected chi connectivity index (χ1v) is 13.0. The lowest BCUT2D eigenvalue weighted by molar-refractivity contribution is 0.119. The van der Waals surface area contributed by atoms with Crippen molar-refractivity contribution in [3.8, 4) is 11.1 Å². The number of aromatic nitrogens is 1. The molecule has 2 aromatic carbocycles. The Bertz CT molecular complexity index is 1290. The molecule has 2 atom stereocenters. The molecule has 2 saturated heterocycles. The number of nitrogens with zero attached hydrogens (tertiary/aromatic N) is 3. The van der Waals surface area contributed by atoms with Gasteiger partial charge in [0.25, 0.3) is 0 Å². The van der Waals surface area contributed by atoms with E-state index in [1.807, 2.05) is 36.5 Å². The van der Waals surface area contributed by atoms with Crippen LogP contribution in [-0.2, 0) is 6.54 Å². The molecule has 2 bridgehead atoms. The van der Waals surface area contributed by atoms with E-state index in [1.54, 1.807) is 6.26 Å². The highest BCUT2D eigenvalue weighted by Crippen LogP contribution is 2.52. The largest absolute Gasteiger partial charge is 0.472 e. The van der Waals surface area contributed by atoms with Crippen molar-refractivity contribution in [1.82, 2.24) is 9.88 Å². The summed E-state index contributed by atoms with van der Waals surface area (Å²) in [7, 11) is 0. The number of pyridine rings is 1.